The minimum absolute atomic E-state index is 0.0274. The standard InChI is InChI=1S/C21H26ClFN2O3S/c1-15-6-3-4-7-17(15)14-29(26,27)24-12-20(25-10-11-28-16(2)13-25)21-18(22)8-5-9-19(21)23/h3-9,16,20,24H,10-14H2,1-2H3. The Morgan fingerprint density at radius 1 is 1.28 bits per heavy atom. The van der Waals surface area contributed by atoms with Crippen LogP contribution in [-0.2, 0) is 20.5 Å². The zero-order chi connectivity index (χ0) is 21.0. The summed E-state index contributed by atoms with van der Waals surface area (Å²) in [5.41, 5.74) is 1.95. The van der Waals surface area contributed by atoms with E-state index in [-0.39, 0.29) is 23.4 Å². The van der Waals surface area contributed by atoms with Gasteiger partial charge in [0.2, 0.25) is 10.0 Å². The van der Waals surface area contributed by atoms with Crippen molar-refractivity contribution >= 4 is 21.6 Å². The van der Waals surface area contributed by atoms with Crippen LogP contribution in [0.15, 0.2) is 42.5 Å². The molecule has 1 N–H and O–H groups in total. The molecule has 2 aromatic carbocycles. The lowest BCUT2D eigenvalue weighted by molar-refractivity contribution is -0.0342. The average molecular weight is 441 g/mol. The molecule has 0 aliphatic carbocycles. The molecule has 158 valence electrons. The van der Waals surface area contributed by atoms with Gasteiger partial charge in [-0.25, -0.2) is 17.5 Å². The maximum absolute atomic E-state index is 14.7. The lowest BCUT2D eigenvalue weighted by Crippen LogP contribution is -2.47. The van der Waals surface area contributed by atoms with Crippen LogP contribution in [0.25, 0.3) is 0 Å². The van der Waals surface area contributed by atoms with Gasteiger partial charge in [0.15, 0.2) is 0 Å². The normalized spacial score (nSPS) is 19.2. The molecule has 0 saturated carbocycles. The third kappa shape index (κ3) is 5.77. The van der Waals surface area contributed by atoms with E-state index < -0.39 is 21.9 Å². The molecule has 0 spiro atoms. The van der Waals surface area contributed by atoms with E-state index in [0.717, 1.165) is 11.1 Å². The maximum atomic E-state index is 14.7. The van der Waals surface area contributed by atoms with Crippen molar-refractivity contribution in [3.05, 3.63) is 70.0 Å². The van der Waals surface area contributed by atoms with E-state index in [1.54, 1.807) is 18.2 Å². The molecule has 2 aromatic rings. The second kappa shape index (κ2) is 9.53. The van der Waals surface area contributed by atoms with E-state index in [1.165, 1.54) is 6.07 Å². The van der Waals surface area contributed by atoms with Crippen molar-refractivity contribution in [2.45, 2.75) is 31.7 Å². The smallest absolute Gasteiger partial charge is 0.215 e. The van der Waals surface area contributed by atoms with Gasteiger partial charge in [-0.3, -0.25) is 4.90 Å². The van der Waals surface area contributed by atoms with Crippen LogP contribution in [0.5, 0.6) is 0 Å². The fourth-order valence-electron chi connectivity index (χ4n) is 3.60. The highest BCUT2D eigenvalue weighted by atomic mass is 35.5. The summed E-state index contributed by atoms with van der Waals surface area (Å²) in [4.78, 5) is 2.02. The molecule has 1 fully saturated rings. The van der Waals surface area contributed by atoms with E-state index in [9.17, 15) is 12.8 Å². The van der Waals surface area contributed by atoms with Gasteiger partial charge >= 0.3 is 0 Å². The summed E-state index contributed by atoms with van der Waals surface area (Å²) in [7, 11) is -3.61. The molecular formula is C21H26ClFN2O3S. The van der Waals surface area contributed by atoms with Crippen molar-refractivity contribution in [2.75, 3.05) is 26.2 Å². The Hall–Kier alpha value is -1.51. The van der Waals surface area contributed by atoms with Crippen LogP contribution in [0.4, 0.5) is 4.39 Å². The number of nitrogens with zero attached hydrogens (tertiary/aromatic N) is 1. The first-order valence-corrected chi connectivity index (χ1v) is 11.6. The van der Waals surface area contributed by atoms with Gasteiger partial charge in [0.1, 0.15) is 5.82 Å². The zero-order valence-corrected chi connectivity index (χ0v) is 18.1. The minimum atomic E-state index is -3.61. The van der Waals surface area contributed by atoms with Crippen molar-refractivity contribution < 1.29 is 17.5 Å². The number of aryl methyl sites for hydroxylation is 1. The van der Waals surface area contributed by atoms with Gasteiger partial charge in [0.05, 0.1) is 24.5 Å². The van der Waals surface area contributed by atoms with Crippen LogP contribution in [0.1, 0.15) is 29.7 Å². The lowest BCUT2D eigenvalue weighted by Gasteiger charge is -2.38. The van der Waals surface area contributed by atoms with Crippen molar-refractivity contribution in [3.63, 3.8) is 0 Å². The van der Waals surface area contributed by atoms with E-state index >= 15 is 0 Å². The highest BCUT2D eigenvalue weighted by Gasteiger charge is 2.30. The largest absolute Gasteiger partial charge is 0.376 e. The van der Waals surface area contributed by atoms with Gasteiger partial charge in [-0.2, -0.15) is 0 Å². The van der Waals surface area contributed by atoms with Gasteiger partial charge in [0, 0.05) is 30.2 Å². The summed E-state index contributed by atoms with van der Waals surface area (Å²) in [5, 5.41) is 0.284. The second-order valence-corrected chi connectivity index (χ2v) is 9.58. The van der Waals surface area contributed by atoms with Crippen LogP contribution in [0.3, 0.4) is 0 Å². The number of rotatable bonds is 7. The van der Waals surface area contributed by atoms with Crippen LogP contribution in [0, 0.1) is 12.7 Å². The van der Waals surface area contributed by atoms with Gasteiger partial charge in [-0.15, -0.1) is 0 Å². The van der Waals surface area contributed by atoms with Gasteiger partial charge in [0.25, 0.3) is 0 Å². The Morgan fingerprint density at radius 2 is 2.03 bits per heavy atom. The van der Waals surface area contributed by atoms with E-state index in [0.29, 0.717) is 25.3 Å². The first-order chi connectivity index (χ1) is 13.8. The van der Waals surface area contributed by atoms with Crippen LogP contribution < -0.4 is 4.72 Å². The molecule has 3 rings (SSSR count). The molecule has 29 heavy (non-hydrogen) atoms. The summed E-state index contributed by atoms with van der Waals surface area (Å²) in [5.74, 6) is -0.573. The molecule has 0 aromatic heterocycles. The molecule has 1 heterocycles. The number of nitrogens with one attached hydrogen (secondary N) is 1. The van der Waals surface area contributed by atoms with Crippen molar-refractivity contribution in [1.82, 2.24) is 9.62 Å². The maximum Gasteiger partial charge on any atom is 0.215 e. The molecule has 1 aliphatic rings. The third-order valence-corrected chi connectivity index (χ3v) is 6.78. The highest BCUT2D eigenvalue weighted by molar-refractivity contribution is 7.88. The SMILES string of the molecule is Cc1ccccc1CS(=O)(=O)NCC(c1c(F)cccc1Cl)N1CCOC(C)C1. The summed E-state index contributed by atoms with van der Waals surface area (Å²) in [6.07, 6.45) is -0.0274. The number of halogens is 2. The molecule has 1 saturated heterocycles. The van der Waals surface area contributed by atoms with Crippen LogP contribution >= 0.6 is 11.6 Å². The number of ether oxygens (including phenoxy) is 1. The van der Waals surface area contributed by atoms with Gasteiger partial charge in [-0.1, -0.05) is 41.9 Å². The lowest BCUT2D eigenvalue weighted by atomic mass is 10.0. The number of sulfonamides is 1. The Bertz CT molecular complexity index is 934. The highest BCUT2D eigenvalue weighted by Crippen LogP contribution is 2.31. The second-order valence-electron chi connectivity index (χ2n) is 7.36. The zero-order valence-electron chi connectivity index (χ0n) is 16.6. The molecule has 0 bridgehead atoms. The van der Waals surface area contributed by atoms with E-state index in [2.05, 4.69) is 4.72 Å². The molecule has 0 amide bonds. The first-order valence-electron chi connectivity index (χ1n) is 9.58. The van der Waals surface area contributed by atoms with E-state index in [4.69, 9.17) is 16.3 Å². The quantitative estimate of drug-likeness (QED) is 0.713. The average Bonchev–Trinajstić information content (AvgIpc) is 2.66. The molecule has 5 nitrogen and oxygen atoms in total. The number of hydrogen-bond donors (Lipinski definition) is 1. The summed E-state index contributed by atoms with van der Waals surface area (Å²) in [6, 6.07) is 11.3. The molecule has 0 radical (unpaired) electrons. The summed E-state index contributed by atoms with van der Waals surface area (Å²) < 4.78 is 48.3. The number of benzene rings is 2. The monoisotopic (exact) mass is 440 g/mol. The van der Waals surface area contributed by atoms with E-state index in [1.807, 2.05) is 36.9 Å². The van der Waals surface area contributed by atoms with Gasteiger partial charge < -0.3 is 4.74 Å². The van der Waals surface area contributed by atoms with Crippen LogP contribution in [-0.4, -0.2) is 45.7 Å². The first kappa shape index (κ1) is 22.2. The van der Waals surface area contributed by atoms with Crippen molar-refractivity contribution in [1.29, 1.82) is 0 Å². The minimum Gasteiger partial charge on any atom is -0.376 e. The predicted molar refractivity (Wildman–Crippen MR) is 113 cm³/mol. The molecule has 2 atom stereocenters. The number of hydrogen-bond acceptors (Lipinski definition) is 4. The Morgan fingerprint density at radius 3 is 2.72 bits per heavy atom. The Kier molecular flexibility index (Phi) is 7.29. The molecule has 8 heteroatoms. The fraction of sp³-hybridized carbons (Fsp3) is 0.429. The van der Waals surface area contributed by atoms with Crippen molar-refractivity contribution in [3.8, 4) is 0 Å². The van der Waals surface area contributed by atoms with Crippen molar-refractivity contribution in [2.24, 2.45) is 0 Å². The Labute approximate surface area is 176 Å². The summed E-state index contributed by atoms with van der Waals surface area (Å²) in [6.45, 7) is 5.48. The summed E-state index contributed by atoms with van der Waals surface area (Å²) >= 11 is 6.31. The topological polar surface area (TPSA) is 58.6 Å². The molecular weight excluding hydrogens is 415 g/mol. The molecule has 1 aliphatic heterocycles. The number of morpholine rings is 1. The van der Waals surface area contributed by atoms with Gasteiger partial charge in [-0.05, 0) is 37.1 Å². The fourth-order valence-corrected chi connectivity index (χ4v) is 5.14. The molecule has 2 unspecified atom stereocenters. The predicted octanol–water partition coefficient (Wildman–Crippen LogP) is 3.67. The Balaban J connectivity index is 1.82. The third-order valence-electron chi connectivity index (χ3n) is 5.15. The van der Waals surface area contributed by atoms with Crippen LogP contribution in [0.2, 0.25) is 5.02 Å².